The summed E-state index contributed by atoms with van der Waals surface area (Å²) >= 11 is 5.64. The maximum Gasteiger partial charge on any atom is 0.272 e. The summed E-state index contributed by atoms with van der Waals surface area (Å²) in [5.74, 6) is 0.219. The van der Waals surface area contributed by atoms with E-state index in [1.807, 2.05) is 37.3 Å². The van der Waals surface area contributed by atoms with Crippen LogP contribution in [0.25, 0.3) is 0 Å². The van der Waals surface area contributed by atoms with Crippen LogP contribution in [0.2, 0.25) is 0 Å². The second kappa shape index (κ2) is 7.05. The molecule has 124 valence electrons. The van der Waals surface area contributed by atoms with Crippen molar-refractivity contribution in [3.05, 3.63) is 59.7 Å². The first-order chi connectivity index (χ1) is 11.7. The maximum absolute atomic E-state index is 12.9. The molecule has 1 aliphatic rings. The van der Waals surface area contributed by atoms with Crippen LogP contribution in [0.5, 0.6) is 5.75 Å². The minimum absolute atomic E-state index is 0.0893. The fraction of sp³-hybridized carbons (Fsp3) is 0.263. The quantitative estimate of drug-likeness (QED) is 0.609. The zero-order chi connectivity index (χ0) is 17.1. The zero-order valence-corrected chi connectivity index (χ0v) is 14.1. The third-order valence-electron chi connectivity index (χ3n) is 3.98. The number of Topliss-reactive ketones (excluding diaryl/α,β-unsaturated/α-hetero) is 1. The standard InChI is InChI=1S/C19H18ClNO3/c1-2-10-21-15-11-14(16(22)12-20)8-9-17(15)24-18(19(21)23)13-6-4-3-5-7-13/h3-9,11,18H,2,10,12H2,1H3. The monoisotopic (exact) mass is 343 g/mol. The van der Waals surface area contributed by atoms with E-state index in [1.54, 1.807) is 23.1 Å². The number of fused-ring (bicyclic) bond motifs is 1. The number of carbonyl (C=O) groups excluding carboxylic acids is 2. The number of rotatable bonds is 5. The van der Waals surface area contributed by atoms with Crippen LogP contribution in [0.15, 0.2) is 48.5 Å². The fourth-order valence-corrected chi connectivity index (χ4v) is 2.96. The van der Waals surface area contributed by atoms with Crippen molar-refractivity contribution in [2.75, 3.05) is 17.3 Å². The third-order valence-corrected chi connectivity index (χ3v) is 4.22. The van der Waals surface area contributed by atoms with Gasteiger partial charge in [-0.05, 0) is 24.6 Å². The van der Waals surface area contributed by atoms with Gasteiger partial charge in [0.15, 0.2) is 5.78 Å². The molecular weight excluding hydrogens is 326 g/mol. The molecule has 24 heavy (non-hydrogen) atoms. The zero-order valence-electron chi connectivity index (χ0n) is 13.4. The number of amides is 1. The number of carbonyl (C=O) groups is 2. The highest BCUT2D eigenvalue weighted by molar-refractivity contribution is 6.30. The molecule has 1 amide bonds. The van der Waals surface area contributed by atoms with Gasteiger partial charge in [0, 0.05) is 17.7 Å². The van der Waals surface area contributed by atoms with Gasteiger partial charge in [0.1, 0.15) is 5.75 Å². The summed E-state index contributed by atoms with van der Waals surface area (Å²) in [6, 6.07) is 14.5. The van der Waals surface area contributed by atoms with E-state index in [-0.39, 0.29) is 17.6 Å². The highest BCUT2D eigenvalue weighted by atomic mass is 35.5. The smallest absolute Gasteiger partial charge is 0.272 e. The molecule has 4 nitrogen and oxygen atoms in total. The molecule has 3 rings (SSSR count). The van der Waals surface area contributed by atoms with Gasteiger partial charge in [-0.3, -0.25) is 9.59 Å². The van der Waals surface area contributed by atoms with E-state index in [9.17, 15) is 9.59 Å². The second-order valence-electron chi connectivity index (χ2n) is 5.64. The summed E-state index contributed by atoms with van der Waals surface area (Å²) in [7, 11) is 0. The van der Waals surface area contributed by atoms with Crippen molar-refractivity contribution >= 4 is 29.0 Å². The summed E-state index contributed by atoms with van der Waals surface area (Å²) in [5.41, 5.74) is 1.93. The molecule has 1 atom stereocenters. The van der Waals surface area contributed by atoms with Crippen LogP contribution >= 0.6 is 11.6 Å². The Hall–Kier alpha value is -2.33. The van der Waals surface area contributed by atoms with Crippen molar-refractivity contribution in [2.45, 2.75) is 19.4 Å². The molecule has 1 unspecified atom stereocenters. The van der Waals surface area contributed by atoms with Crippen LogP contribution in [0.3, 0.4) is 0 Å². The Balaban J connectivity index is 2.04. The van der Waals surface area contributed by atoms with Crippen molar-refractivity contribution in [3.63, 3.8) is 0 Å². The Bertz CT molecular complexity index is 760. The van der Waals surface area contributed by atoms with E-state index >= 15 is 0 Å². The SMILES string of the molecule is CCCN1C(=O)C(c2ccccc2)Oc2ccc(C(=O)CCl)cc21. The van der Waals surface area contributed by atoms with Crippen LogP contribution in [0.4, 0.5) is 5.69 Å². The van der Waals surface area contributed by atoms with Gasteiger partial charge in [0.2, 0.25) is 6.10 Å². The van der Waals surface area contributed by atoms with Crippen LogP contribution in [0, 0.1) is 0 Å². The average molecular weight is 344 g/mol. The maximum atomic E-state index is 12.9. The Morgan fingerprint density at radius 2 is 1.96 bits per heavy atom. The molecule has 2 aromatic carbocycles. The molecule has 0 saturated heterocycles. The molecule has 0 bridgehead atoms. The molecule has 1 heterocycles. The molecule has 0 N–H and O–H groups in total. The van der Waals surface area contributed by atoms with Gasteiger partial charge < -0.3 is 9.64 Å². The molecule has 0 spiro atoms. The van der Waals surface area contributed by atoms with Crippen LogP contribution in [-0.4, -0.2) is 24.1 Å². The van der Waals surface area contributed by atoms with E-state index in [0.29, 0.717) is 23.5 Å². The number of alkyl halides is 1. The number of nitrogens with zero attached hydrogens (tertiary/aromatic N) is 1. The topological polar surface area (TPSA) is 46.6 Å². The lowest BCUT2D eigenvalue weighted by molar-refractivity contribution is -0.126. The van der Waals surface area contributed by atoms with Crippen LogP contribution in [0.1, 0.15) is 35.4 Å². The van der Waals surface area contributed by atoms with Crippen LogP contribution < -0.4 is 9.64 Å². The predicted octanol–water partition coefficient (Wildman–Crippen LogP) is 3.98. The number of halogens is 1. The molecule has 0 aromatic heterocycles. The molecule has 1 aliphatic heterocycles. The normalized spacial score (nSPS) is 16.5. The van der Waals surface area contributed by atoms with E-state index in [4.69, 9.17) is 16.3 Å². The van der Waals surface area contributed by atoms with E-state index in [1.165, 1.54) is 0 Å². The lowest BCUT2D eigenvalue weighted by atomic mass is 10.0. The summed E-state index contributed by atoms with van der Waals surface area (Å²) in [6.45, 7) is 2.57. The minimum atomic E-state index is -0.667. The molecule has 0 saturated carbocycles. The van der Waals surface area contributed by atoms with Gasteiger partial charge in [-0.25, -0.2) is 0 Å². The van der Waals surface area contributed by atoms with Gasteiger partial charge in [-0.2, -0.15) is 0 Å². The van der Waals surface area contributed by atoms with Gasteiger partial charge in [-0.1, -0.05) is 37.3 Å². The molecule has 5 heteroatoms. The number of anilines is 1. The van der Waals surface area contributed by atoms with Crippen molar-refractivity contribution in [2.24, 2.45) is 0 Å². The van der Waals surface area contributed by atoms with Crippen molar-refractivity contribution in [1.82, 2.24) is 0 Å². The highest BCUT2D eigenvalue weighted by Crippen LogP contribution is 2.39. The first kappa shape index (κ1) is 16.5. The average Bonchev–Trinajstić information content (AvgIpc) is 2.63. The largest absolute Gasteiger partial charge is 0.474 e. The number of hydrogen-bond acceptors (Lipinski definition) is 3. The van der Waals surface area contributed by atoms with Crippen molar-refractivity contribution in [1.29, 1.82) is 0 Å². The number of ether oxygens (including phenoxy) is 1. The number of hydrogen-bond donors (Lipinski definition) is 0. The number of ketones is 1. The Labute approximate surface area is 146 Å². The van der Waals surface area contributed by atoms with E-state index in [0.717, 1.165) is 12.0 Å². The first-order valence-electron chi connectivity index (χ1n) is 7.92. The summed E-state index contributed by atoms with van der Waals surface area (Å²) in [6.07, 6.45) is 0.139. The van der Waals surface area contributed by atoms with Crippen molar-refractivity contribution in [3.8, 4) is 5.75 Å². The first-order valence-corrected chi connectivity index (χ1v) is 8.45. The van der Waals surface area contributed by atoms with E-state index in [2.05, 4.69) is 0 Å². The molecule has 0 aliphatic carbocycles. The Kier molecular flexibility index (Phi) is 4.86. The van der Waals surface area contributed by atoms with Gasteiger partial charge >= 0.3 is 0 Å². The Morgan fingerprint density at radius 1 is 1.21 bits per heavy atom. The van der Waals surface area contributed by atoms with E-state index < -0.39 is 6.10 Å². The fourth-order valence-electron chi connectivity index (χ4n) is 2.81. The summed E-state index contributed by atoms with van der Waals surface area (Å²) in [4.78, 5) is 26.5. The summed E-state index contributed by atoms with van der Waals surface area (Å²) in [5, 5.41) is 0. The van der Waals surface area contributed by atoms with Gasteiger partial charge in [-0.15, -0.1) is 11.6 Å². The predicted molar refractivity (Wildman–Crippen MR) is 93.9 cm³/mol. The van der Waals surface area contributed by atoms with Gasteiger partial charge in [0.05, 0.1) is 11.6 Å². The van der Waals surface area contributed by atoms with Gasteiger partial charge in [0.25, 0.3) is 5.91 Å². The lowest BCUT2D eigenvalue weighted by Crippen LogP contribution is -2.41. The lowest BCUT2D eigenvalue weighted by Gasteiger charge is -2.34. The molecular formula is C19H18ClNO3. The third kappa shape index (κ3) is 3.02. The number of benzene rings is 2. The highest BCUT2D eigenvalue weighted by Gasteiger charge is 2.35. The molecule has 0 fully saturated rings. The molecule has 2 aromatic rings. The van der Waals surface area contributed by atoms with Crippen molar-refractivity contribution < 1.29 is 14.3 Å². The minimum Gasteiger partial charge on any atom is -0.474 e. The Morgan fingerprint density at radius 3 is 2.62 bits per heavy atom. The summed E-state index contributed by atoms with van der Waals surface area (Å²) < 4.78 is 5.94. The molecule has 0 radical (unpaired) electrons. The second-order valence-corrected chi connectivity index (χ2v) is 5.91. The van der Waals surface area contributed by atoms with Crippen LogP contribution in [-0.2, 0) is 4.79 Å².